The van der Waals surface area contributed by atoms with Gasteiger partial charge in [-0.25, -0.2) is 0 Å². The summed E-state index contributed by atoms with van der Waals surface area (Å²) in [6.45, 7) is 0.577. The molecule has 4 heteroatoms. The van der Waals surface area contributed by atoms with E-state index in [2.05, 4.69) is 17.4 Å². The normalized spacial score (nSPS) is 12.8. The number of furan rings is 1. The number of benzene rings is 1. The highest BCUT2D eigenvalue weighted by molar-refractivity contribution is 5.26. The lowest BCUT2D eigenvalue weighted by molar-refractivity contribution is -0.0996. The Labute approximate surface area is 113 Å². The quantitative estimate of drug-likeness (QED) is 0.778. The van der Waals surface area contributed by atoms with E-state index < -0.39 is 0 Å². The molecule has 0 aliphatic carbocycles. The Balaban J connectivity index is 2.12. The van der Waals surface area contributed by atoms with E-state index in [0.29, 0.717) is 6.54 Å². The Kier molecular flexibility index (Phi) is 5.15. The van der Waals surface area contributed by atoms with Gasteiger partial charge < -0.3 is 13.9 Å². The smallest absolute Gasteiger partial charge is 0.169 e. The van der Waals surface area contributed by atoms with Crippen LogP contribution < -0.4 is 5.32 Å². The van der Waals surface area contributed by atoms with E-state index in [1.165, 1.54) is 0 Å². The zero-order chi connectivity index (χ0) is 13.5. The van der Waals surface area contributed by atoms with Crippen molar-refractivity contribution in [1.82, 2.24) is 5.32 Å². The second-order valence-corrected chi connectivity index (χ2v) is 4.17. The van der Waals surface area contributed by atoms with Gasteiger partial charge in [0.15, 0.2) is 6.29 Å². The molecule has 0 radical (unpaired) electrons. The van der Waals surface area contributed by atoms with E-state index in [1.807, 2.05) is 30.3 Å². The van der Waals surface area contributed by atoms with E-state index in [9.17, 15) is 0 Å². The third-order valence-corrected chi connectivity index (χ3v) is 2.98. The molecule has 1 aromatic carbocycles. The van der Waals surface area contributed by atoms with E-state index in [0.717, 1.165) is 11.3 Å². The number of hydrogen-bond donors (Lipinski definition) is 1. The summed E-state index contributed by atoms with van der Waals surface area (Å²) in [6, 6.07) is 14.0. The highest BCUT2D eigenvalue weighted by Gasteiger charge is 2.17. The molecule has 1 atom stereocenters. The van der Waals surface area contributed by atoms with E-state index >= 15 is 0 Å². The zero-order valence-corrected chi connectivity index (χ0v) is 11.2. The van der Waals surface area contributed by atoms with Crippen molar-refractivity contribution in [2.45, 2.75) is 12.3 Å². The van der Waals surface area contributed by atoms with Gasteiger partial charge in [0.2, 0.25) is 0 Å². The third-order valence-electron chi connectivity index (χ3n) is 2.98. The Bertz CT molecular complexity index is 452. The fraction of sp³-hybridized carbons (Fsp3) is 0.333. The van der Waals surface area contributed by atoms with Crippen molar-refractivity contribution < 1.29 is 13.9 Å². The molecular weight excluding hydrogens is 242 g/mol. The molecule has 0 saturated carbocycles. The van der Waals surface area contributed by atoms with Gasteiger partial charge in [-0.15, -0.1) is 0 Å². The summed E-state index contributed by atoms with van der Waals surface area (Å²) in [4.78, 5) is 0. The van der Waals surface area contributed by atoms with Crippen molar-refractivity contribution in [3.05, 3.63) is 60.1 Å². The van der Waals surface area contributed by atoms with Crippen molar-refractivity contribution in [2.24, 2.45) is 0 Å². The van der Waals surface area contributed by atoms with Gasteiger partial charge >= 0.3 is 0 Å². The second-order valence-electron chi connectivity index (χ2n) is 4.17. The van der Waals surface area contributed by atoms with Crippen molar-refractivity contribution in [3.8, 4) is 0 Å². The topological polar surface area (TPSA) is 43.6 Å². The fourth-order valence-electron chi connectivity index (χ4n) is 1.96. The monoisotopic (exact) mass is 261 g/mol. The van der Waals surface area contributed by atoms with Gasteiger partial charge in [0, 0.05) is 20.8 Å². The van der Waals surface area contributed by atoms with Gasteiger partial charge in [0.1, 0.15) is 5.76 Å². The van der Waals surface area contributed by atoms with Crippen LogP contribution in [0, 0.1) is 0 Å². The largest absolute Gasteiger partial charge is 0.467 e. The molecule has 2 aromatic rings. The van der Waals surface area contributed by atoms with Crippen LogP contribution in [0.5, 0.6) is 0 Å². The first kappa shape index (κ1) is 13.8. The summed E-state index contributed by atoms with van der Waals surface area (Å²) in [6.07, 6.45) is 1.40. The highest BCUT2D eigenvalue weighted by atomic mass is 16.7. The molecule has 0 bridgehead atoms. The van der Waals surface area contributed by atoms with Gasteiger partial charge in [0.25, 0.3) is 0 Å². The van der Waals surface area contributed by atoms with Crippen LogP contribution in [0.25, 0.3) is 0 Å². The first-order valence-electron chi connectivity index (χ1n) is 6.22. The Hall–Kier alpha value is -1.62. The zero-order valence-electron chi connectivity index (χ0n) is 11.2. The third kappa shape index (κ3) is 3.67. The lowest BCUT2D eigenvalue weighted by Gasteiger charge is -2.20. The maximum Gasteiger partial charge on any atom is 0.169 e. The fourth-order valence-corrected chi connectivity index (χ4v) is 1.96. The van der Waals surface area contributed by atoms with Crippen LogP contribution >= 0.6 is 0 Å². The van der Waals surface area contributed by atoms with Crippen LogP contribution in [0.4, 0.5) is 0 Å². The molecule has 0 saturated heterocycles. The van der Waals surface area contributed by atoms with Crippen molar-refractivity contribution in [3.63, 3.8) is 0 Å². The minimum atomic E-state index is -0.277. The molecule has 1 heterocycles. The van der Waals surface area contributed by atoms with E-state index in [4.69, 9.17) is 13.9 Å². The van der Waals surface area contributed by atoms with Gasteiger partial charge in [0.05, 0.1) is 12.3 Å². The Morgan fingerprint density at radius 2 is 1.79 bits per heavy atom. The molecule has 0 spiro atoms. The minimum Gasteiger partial charge on any atom is -0.467 e. The molecule has 1 N–H and O–H groups in total. The summed E-state index contributed by atoms with van der Waals surface area (Å²) in [7, 11) is 3.25. The van der Waals surface area contributed by atoms with E-state index in [-0.39, 0.29) is 12.3 Å². The number of ether oxygens (including phenoxy) is 2. The Morgan fingerprint density at radius 3 is 2.37 bits per heavy atom. The number of hydrogen-bond acceptors (Lipinski definition) is 4. The molecule has 0 fully saturated rings. The molecular formula is C15H19NO3. The van der Waals surface area contributed by atoms with Gasteiger partial charge in [-0.1, -0.05) is 30.3 Å². The predicted molar refractivity (Wildman–Crippen MR) is 72.8 cm³/mol. The van der Waals surface area contributed by atoms with Crippen molar-refractivity contribution in [2.75, 3.05) is 20.8 Å². The summed E-state index contributed by atoms with van der Waals surface area (Å²) in [5, 5.41) is 3.40. The molecule has 4 nitrogen and oxygen atoms in total. The molecule has 19 heavy (non-hydrogen) atoms. The minimum absolute atomic E-state index is 0.0102. The number of methoxy groups -OCH3 is 2. The van der Waals surface area contributed by atoms with Gasteiger partial charge in [-0.2, -0.15) is 0 Å². The maximum atomic E-state index is 5.51. The van der Waals surface area contributed by atoms with E-state index in [1.54, 1.807) is 20.5 Å². The van der Waals surface area contributed by atoms with Crippen LogP contribution in [0.3, 0.4) is 0 Å². The Morgan fingerprint density at radius 1 is 1.05 bits per heavy atom. The second kappa shape index (κ2) is 7.09. The van der Waals surface area contributed by atoms with Gasteiger partial charge in [-0.05, 0) is 17.7 Å². The first-order valence-corrected chi connectivity index (χ1v) is 6.22. The molecule has 1 unspecified atom stereocenters. The average Bonchev–Trinajstić information content (AvgIpc) is 2.99. The first-order chi connectivity index (χ1) is 9.35. The maximum absolute atomic E-state index is 5.51. The van der Waals surface area contributed by atoms with Crippen LogP contribution in [0.2, 0.25) is 0 Å². The van der Waals surface area contributed by atoms with Crippen LogP contribution in [0.15, 0.2) is 53.1 Å². The summed E-state index contributed by atoms with van der Waals surface area (Å²) >= 11 is 0. The lowest BCUT2D eigenvalue weighted by Crippen LogP contribution is -2.33. The van der Waals surface area contributed by atoms with Crippen molar-refractivity contribution in [1.29, 1.82) is 0 Å². The van der Waals surface area contributed by atoms with Crippen LogP contribution in [-0.2, 0) is 9.47 Å². The van der Waals surface area contributed by atoms with Gasteiger partial charge in [-0.3, -0.25) is 5.32 Å². The number of rotatable bonds is 7. The lowest BCUT2D eigenvalue weighted by atomic mass is 10.0. The summed E-state index contributed by atoms with van der Waals surface area (Å²) < 4.78 is 15.9. The predicted octanol–water partition coefficient (Wildman–Crippen LogP) is 2.58. The standard InChI is InChI=1S/C15H19NO3/c1-17-14(18-2)11-16-15(13-9-6-10-19-13)12-7-4-3-5-8-12/h3-10,14-16H,11H2,1-2H3. The molecule has 1 aromatic heterocycles. The molecule has 2 rings (SSSR count). The number of nitrogens with one attached hydrogen (secondary N) is 1. The average molecular weight is 261 g/mol. The summed E-state index contributed by atoms with van der Waals surface area (Å²) in [5.41, 5.74) is 1.14. The summed E-state index contributed by atoms with van der Waals surface area (Å²) in [5.74, 6) is 0.872. The van der Waals surface area contributed by atoms with Crippen molar-refractivity contribution >= 4 is 0 Å². The SMILES string of the molecule is COC(CNC(c1ccccc1)c1ccco1)OC. The van der Waals surface area contributed by atoms with Crippen LogP contribution in [-0.4, -0.2) is 27.1 Å². The molecule has 0 aliphatic heterocycles. The van der Waals surface area contributed by atoms with Crippen LogP contribution in [0.1, 0.15) is 17.4 Å². The highest BCUT2D eigenvalue weighted by Crippen LogP contribution is 2.22. The molecule has 0 aliphatic rings. The molecule has 102 valence electrons. The molecule has 0 amide bonds.